The smallest absolute Gasteiger partial charge is 0.0540 e. The van der Waals surface area contributed by atoms with Gasteiger partial charge in [-0.15, -0.1) is 0 Å². The van der Waals surface area contributed by atoms with Crippen molar-refractivity contribution >= 4 is 65.6 Å². The molecule has 226 valence electrons. The van der Waals surface area contributed by atoms with Crippen LogP contribution in [0, 0.1) is 0 Å². The van der Waals surface area contributed by atoms with Crippen LogP contribution in [-0.2, 0) is 0 Å². The van der Waals surface area contributed by atoms with E-state index in [1.165, 1.54) is 32.7 Å². The maximum absolute atomic E-state index is 2.34. The van der Waals surface area contributed by atoms with Gasteiger partial charge in [-0.1, -0.05) is 133 Å². The summed E-state index contributed by atoms with van der Waals surface area (Å²) in [5.74, 6) is 0. The van der Waals surface area contributed by atoms with Gasteiger partial charge in [0.2, 0.25) is 0 Å². The minimum atomic E-state index is 0. The van der Waals surface area contributed by atoms with Gasteiger partial charge < -0.3 is 9.80 Å². The fraction of sp³-hybridized carbons (Fsp3) is 0. The lowest BCUT2D eigenvalue weighted by atomic mass is 10.0. The third kappa shape index (κ3) is 5.88. The normalized spacial score (nSPS) is 10.8. The largest absolute Gasteiger partial charge is 0.310 e. The number of anilines is 6. The molecule has 1 atom stereocenters. The van der Waals surface area contributed by atoms with E-state index >= 15 is 0 Å². The Morgan fingerprint density at radius 3 is 0.979 bits per heavy atom. The lowest BCUT2D eigenvalue weighted by Gasteiger charge is -2.27. The highest BCUT2D eigenvalue weighted by molar-refractivity contribution is 6.92. The van der Waals surface area contributed by atoms with Gasteiger partial charge >= 0.3 is 0 Å². The van der Waals surface area contributed by atoms with E-state index in [9.17, 15) is 0 Å². The van der Waals surface area contributed by atoms with Crippen LogP contribution in [0.4, 0.5) is 34.1 Å². The molecule has 0 fully saturated rings. The molecule has 8 aromatic carbocycles. The maximum atomic E-state index is 2.34. The van der Waals surface area contributed by atoms with Crippen molar-refractivity contribution in [1.29, 1.82) is 0 Å². The van der Waals surface area contributed by atoms with Crippen LogP contribution in [-0.4, -0.2) is 0 Å². The second-order valence-corrected chi connectivity index (χ2v) is 11.4. The number of hydrogen-bond acceptors (Lipinski definition) is 2. The summed E-state index contributed by atoms with van der Waals surface area (Å²) >= 11 is 0. The highest BCUT2D eigenvalue weighted by Gasteiger charge is 2.17. The highest BCUT2D eigenvalue weighted by atomic mass is 31.0. The van der Waals surface area contributed by atoms with Gasteiger partial charge in [0.05, 0.1) is 11.4 Å². The Hall–Kier alpha value is -5.69. The van der Waals surface area contributed by atoms with Gasteiger partial charge in [0, 0.05) is 33.5 Å². The van der Waals surface area contributed by atoms with Crippen LogP contribution < -0.4 is 9.80 Å². The average molecular weight is 623 g/mol. The van der Waals surface area contributed by atoms with Crippen molar-refractivity contribution in [1.82, 2.24) is 0 Å². The molecule has 3 heteroatoms. The Labute approximate surface area is 279 Å². The third-order valence-corrected chi connectivity index (χ3v) is 8.63. The SMILES string of the molecule is P.c1ccc(N(c2ccc(-c3ccc(N(c4ccccc4)c4cccc5ccccc45)cc3)cc2)c2cccc3ccccc23)cc1. The topological polar surface area (TPSA) is 6.48 Å². The molecule has 0 radical (unpaired) electrons. The number of nitrogens with zero attached hydrogens (tertiary/aromatic N) is 2. The number of fused-ring (bicyclic) bond motifs is 2. The quantitative estimate of drug-likeness (QED) is 0.163. The zero-order valence-electron chi connectivity index (χ0n) is 26.1. The standard InChI is InChI=1S/C44H32N2.H3P/c1-3-17-37(18-4-1)45(43-23-11-15-35-13-7-9-21-41(35)43)39-29-25-33(26-30-39)34-27-31-40(32-28-34)46(38-19-5-2-6-20-38)44-24-12-16-36-14-8-10-22-42(36)44;/h1-32H;1H3. The van der Waals surface area contributed by atoms with Crippen molar-refractivity contribution in [3.63, 3.8) is 0 Å². The van der Waals surface area contributed by atoms with Crippen LogP contribution in [0.25, 0.3) is 32.7 Å². The Morgan fingerprint density at radius 2 is 0.574 bits per heavy atom. The predicted octanol–water partition coefficient (Wildman–Crippen LogP) is 12.7. The molecule has 0 aliphatic carbocycles. The summed E-state index contributed by atoms with van der Waals surface area (Å²) in [5, 5.41) is 4.90. The Morgan fingerprint density at radius 1 is 0.255 bits per heavy atom. The first-order valence-corrected chi connectivity index (χ1v) is 15.7. The molecule has 47 heavy (non-hydrogen) atoms. The second-order valence-electron chi connectivity index (χ2n) is 11.4. The summed E-state index contributed by atoms with van der Waals surface area (Å²) in [4.78, 5) is 4.69. The second kappa shape index (κ2) is 13.3. The molecular formula is C44H35N2P. The molecule has 8 aromatic rings. The van der Waals surface area contributed by atoms with Crippen molar-refractivity contribution in [2.24, 2.45) is 0 Å². The highest BCUT2D eigenvalue weighted by Crippen LogP contribution is 2.41. The molecule has 0 spiro atoms. The summed E-state index contributed by atoms with van der Waals surface area (Å²) in [7, 11) is 0. The molecule has 0 saturated heterocycles. The zero-order valence-corrected chi connectivity index (χ0v) is 27.5. The van der Waals surface area contributed by atoms with E-state index in [2.05, 4.69) is 204 Å². The van der Waals surface area contributed by atoms with Crippen molar-refractivity contribution in [3.05, 3.63) is 194 Å². The van der Waals surface area contributed by atoms with Crippen LogP contribution in [0.2, 0.25) is 0 Å². The lowest BCUT2D eigenvalue weighted by molar-refractivity contribution is 1.29. The maximum Gasteiger partial charge on any atom is 0.0540 e. The van der Waals surface area contributed by atoms with Crippen LogP contribution >= 0.6 is 9.90 Å². The van der Waals surface area contributed by atoms with Crippen molar-refractivity contribution in [2.75, 3.05) is 9.80 Å². The van der Waals surface area contributed by atoms with E-state index in [1.54, 1.807) is 0 Å². The van der Waals surface area contributed by atoms with Crippen molar-refractivity contribution in [3.8, 4) is 11.1 Å². The summed E-state index contributed by atoms with van der Waals surface area (Å²) in [5.41, 5.74) is 9.18. The fourth-order valence-corrected chi connectivity index (χ4v) is 6.42. The first kappa shape index (κ1) is 30.0. The average Bonchev–Trinajstić information content (AvgIpc) is 3.14. The van der Waals surface area contributed by atoms with Crippen LogP contribution in [0.1, 0.15) is 0 Å². The van der Waals surface area contributed by atoms with Gasteiger partial charge in [-0.25, -0.2) is 0 Å². The minimum Gasteiger partial charge on any atom is -0.310 e. The van der Waals surface area contributed by atoms with Crippen LogP contribution in [0.5, 0.6) is 0 Å². The van der Waals surface area contributed by atoms with Gasteiger partial charge in [0.25, 0.3) is 0 Å². The van der Waals surface area contributed by atoms with E-state index in [0.717, 1.165) is 34.1 Å². The van der Waals surface area contributed by atoms with Crippen LogP contribution in [0.3, 0.4) is 0 Å². The molecule has 0 saturated carbocycles. The fourth-order valence-electron chi connectivity index (χ4n) is 6.42. The van der Waals surface area contributed by atoms with E-state index < -0.39 is 0 Å². The molecule has 0 heterocycles. The summed E-state index contributed by atoms with van der Waals surface area (Å²) in [6.45, 7) is 0. The first-order valence-electron chi connectivity index (χ1n) is 15.7. The molecule has 0 aliphatic heterocycles. The Bertz CT molecular complexity index is 2070. The lowest BCUT2D eigenvalue weighted by Crippen LogP contribution is -2.10. The van der Waals surface area contributed by atoms with Crippen molar-refractivity contribution < 1.29 is 0 Å². The Balaban J connectivity index is 0.00000351. The third-order valence-electron chi connectivity index (χ3n) is 8.63. The van der Waals surface area contributed by atoms with E-state index in [-0.39, 0.29) is 9.90 Å². The molecule has 0 aromatic heterocycles. The monoisotopic (exact) mass is 622 g/mol. The molecule has 8 rings (SSSR count). The van der Waals surface area contributed by atoms with E-state index in [4.69, 9.17) is 0 Å². The molecule has 0 aliphatic rings. The van der Waals surface area contributed by atoms with Gasteiger partial charge in [0.15, 0.2) is 0 Å². The molecule has 0 amide bonds. The van der Waals surface area contributed by atoms with Gasteiger partial charge in [-0.3, -0.25) is 0 Å². The summed E-state index contributed by atoms with van der Waals surface area (Å²) < 4.78 is 0. The molecular weight excluding hydrogens is 587 g/mol. The molecule has 0 bridgehead atoms. The predicted molar refractivity (Wildman–Crippen MR) is 207 cm³/mol. The van der Waals surface area contributed by atoms with E-state index in [0.29, 0.717) is 0 Å². The number of benzene rings is 8. The summed E-state index contributed by atoms with van der Waals surface area (Å²) in [6, 6.07) is 69.2. The zero-order chi connectivity index (χ0) is 30.7. The Kier molecular flexibility index (Phi) is 8.52. The minimum absolute atomic E-state index is 0. The first-order chi connectivity index (χ1) is 22.8. The van der Waals surface area contributed by atoms with Gasteiger partial charge in [0.1, 0.15) is 0 Å². The number of rotatable bonds is 7. The van der Waals surface area contributed by atoms with E-state index in [1.807, 2.05) is 0 Å². The van der Waals surface area contributed by atoms with Crippen molar-refractivity contribution in [2.45, 2.75) is 0 Å². The molecule has 1 unspecified atom stereocenters. The molecule has 0 N–H and O–H groups in total. The van der Waals surface area contributed by atoms with Gasteiger partial charge in [-0.2, -0.15) is 9.90 Å². The molecule has 2 nitrogen and oxygen atoms in total. The van der Waals surface area contributed by atoms with Gasteiger partial charge in [-0.05, 0) is 82.6 Å². The number of para-hydroxylation sites is 2. The van der Waals surface area contributed by atoms with Crippen LogP contribution in [0.15, 0.2) is 194 Å². The summed E-state index contributed by atoms with van der Waals surface area (Å²) in [6.07, 6.45) is 0. The number of hydrogen-bond donors (Lipinski definition) is 0.